The third-order valence-corrected chi connectivity index (χ3v) is 4.61. The number of aromatic nitrogens is 1. The Morgan fingerprint density at radius 1 is 1.26 bits per heavy atom. The number of rotatable bonds is 7. The van der Waals surface area contributed by atoms with E-state index in [-0.39, 0.29) is 18.0 Å². The van der Waals surface area contributed by atoms with Crippen molar-refractivity contribution in [2.24, 2.45) is 0 Å². The van der Waals surface area contributed by atoms with Crippen molar-refractivity contribution < 1.29 is 17.5 Å². The Kier molecular flexibility index (Phi) is 5.68. The van der Waals surface area contributed by atoms with Gasteiger partial charge in [-0.25, -0.2) is 17.5 Å². The Labute approximate surface area is 135 Å². The molecule has 0 atom stereocenters. The van der Waals surface area contributed by atoms with E-state index in [9.17, 15) is 12.8 Å². The van der Waals surface area contributed by atoms with Gasteiger partial charge in [-0.3, -0.25) is 4.98 Å². The van der Waals surface area contributed by atoms with E-state index in [0.29, 0.717) is 5.92 Å². The van der Waals surface area contributed by atoms with E-state index in [1.54, 1.807) is 0 Å². The first kappa shape index (κ1) is 17.4. The topological polar surface area (TPSA) is 68.3 Å². The summed E-state index contributed by atoms with van der Waals surface area (Å²) in [4.78, 5) is 3.32. The fourth-order valence-corrected chi connectivity index (χ4v) is 3.03. The maximum absolute atomic E-state index is 13.0. The van der Waals surface area contributed by atoms with Gasteiger partial charge >= 0.3 is 0 Å². The predicted molar refractivity (Wildman–Crippen MR) is 85.4 cm³/mol. The van der Waals surface area contributed by atoms with Crippen molar-refractivity contribution >= 4 is 10.0 Å². The maximum atomic E-state index is 13.0. The summed E-state index contributed by atoms with van der Waals surface area (Å²) in [5.41, 5.74) is 1.06. The Bertz CT molecular complexity index is 763. The van der Waals surface area contributed by atoms with Gasteiger partial charge in [0.25, 0.3) is 0 Å². The number of ether oxygens (including phenoxy) is 1. The molecule has 23 heavy (non-hydrogen) atoms. The van der Waals surface area contributed by atoms with E-state index in [1.165, 1.54) is 0 Å². The van der Waals surface area contributed by atoms with Crippen molar-refractivity contribution in [1.29, 1.82) is 0 Å². The van der Waals surface area contributed by atoms with Crippen LogP contribution in [-0.4, -0.2) is 26.6 Å². The third kappa shape index (κ3) is 4.74. The molecule has 0 saturated heterocycles. The predicted octanol–water partition coefficient (Wildman–Crippen LogP) is 2.70. The number of nitrogens with zero attached hydrogens (tertiary/aromatic N) is 1. The molecule has 124 valence electrons. The average molecular weight is 338 g/mol. The van der Waals surface area contributed by atoms with E-state index in [1.807, 2.05) is 24.3 Å². The number of nitrogens with one attached hydrogen (secondary N) is 1. The van der Waals surface area contributed by atoms with Crippen molar-refractivity contribution in [3.63, 3.8) is 0 Å². The monoisotopic (exact) mass is 338 g/mol. The van der Waals surface area contributed by atoms with Crippen molar-refractivity contribution in [2.45, 2.75) is 24.7 Å². The van der Waals surface area contributed by atoms with Crippen LogP contribution in [0.5, 0.6) is 5.75 Å². The van der Waals surface area contributed by atoms with E-state index in [0.717, 1.165) is 29.8 Å². The van der Waals surface area contributed by atoms with Crippen molar-refractivity contribution in [3.05, 3.63) is 54.1 Å². The lowest BCUT2D eigenvalue weighted by Gasteiger charge is -2.14. The SMILES string of the molecule is CC(C)c1ccccc1OCCNS(=O)(=O)c1cncc(F)c1. The second-order valence-electron chi connectivity index (χ2n) is 5.28. The molecular weight excluding hydrogens is 319 g/mol. The molecule has 0 saturated carbocycles. The van der Waals surface area contributed by atoms with Gasteiger partial charge in [-0.05, 0) is 23.6 Å². The highest BCUT2D eigenvalue weighted by atomic mass is 32.2. The summed E-state index contributed by atoms with van der Waals surface area (Å²) in [6.07, 6.45) is 2.05. The molecule has 0 radical (unpaired) electrons. The molecule has 2 rings (SSSR count). The average Bonchev–Trinajstić information content (AvgIpc) is 2.52. The molecule has 0 fully saturated rings. The highest BCUT2D eigenvalue weighted by Crippen LogP contribution is 2.25. The summed E-state index contributed by atoms with van der Waals surface area (Å²) in [6, 6.07) is 8.54. The molecule has 0 aliphatic heterocycles. The van der Waals surface area contributed by atoms with Gasteiger partial charge in [-0.15, -0.1) is 0 Å². The Morgan fingerprint density at radius 2 is 2.00 bits per heavy atom. The minimum atomic E-state index is -3.80. The molecule has 0 aliphatic carbocycles. The summed E-state index contributed by atoms with van der Waals surface area (Å²) in [5, 5.41) is 0. The summed E-state index contributed by atoms with van der Waals surface area (Å²) >= 11 is 0. The molecule has 1 aromatic carbocycles. The van der Waals surface area contributed by atoms with Crippen LogP contribution in [-0.2, 0) is 10.0 Å². The number of halogens is 1. The van der Waals surface area contributed by atoms with Crippen LogP contribution in [0.2, 0.25) is 0 Å². The first-order valence-corrected chi connectivity index (χ1v) is 8.70. The van der Waals surface area contributed by atoms with Gasteiger partial charge in [0.05, 0.1) is 6.20 Å². The van der Waals surface area contributed by atoms with Crippen LogP contribution < -0.4 is 9.46 Å². The first-order valence-electron chi connectivity index (χ1n) is 7.22. The Morgan fingerprint density at radius 3 is 2.70 bits per heavy atom. The van der Waals surface area contributed by atoms with E-state index in [2.05, 4.69) is 23.6 Å². The lowest BCUT2D eigenvalue weighted by atomic mass is 10.0. The highest BCUT2D eigenvalue weighted by molar-refractivity contribution is 7.89. The zero-order valence-electron chi connectivity index (χ0n) is 13.0. The second kappa shape index (κ2) is 7.52. The van der Waals surface area contributed by atoms with Gasteiger partial charge in [0, 0.05) is 12.7 Å². The smallest absolute Gasteiger partial charge is 0.242 e. The zero-order chi connectivity index (χ0) is 16.9. The second-order valence-corrected chi connectivity index (χ2v) is 7.04. The highest BCUT2D eigenvalue weighted by Gasteiger charge is 2.15. The van der Waals surface area contributed by atoms with E-state index >= 15 is 0 Å². The van der Waals surface area contributed by atoms with Crippen molar-refractivity contribution in [1.82, 2.24) is 9.71 Å². The molecule has 7 heteroatoms. The summed E-state index contributed by atoms with van der Waals surface area (Å²) < 4.78 is 45.0. The van der Waals surface area contributed by atoms with Crippen molar-refractivity contribution in [3.8, 4) is 5.75 Å². The quantitative estimate of drug-likeness (QED) is 0.788. The van der Waals surface area contributed by atoms with Crippen molar-refractivity contribution in [2.75, 3.05) is 13.2 Å². The molecule has 0 amide bonds. The fraction of sp³-hybridized carbons (Fsp3) is 0.312. The number of hydrogen-bond acceptors (Lipinski definition) is 4. The molecular formula is C16H19FN2O3S. The van der Waals surface area contributed by atoms with Crippen LogP contribution in [0.3, 0.4) is 0 Å². The van der Waals surface area contributed by atoms with Gasteiger partial charge in [-0.1, -0.05) is 32.0 Å². The molecule has 0 unspecified atom stereocenters. The summed E-state index contributed by atoms with van der Waals surface area (Å²) in [5.74, 6) is 0.338. The normalized spacial score (nSPS) is 11.7. The third-order valence-electron chi connectivity index (χ3n) is 3.18. The van der Waals surface area contributed by atoms with Crippen LogP contribution in [0, 0.1) is 5.82 Å². The summed E-state index contributed by atoms with van der Waals surface area (Å²) in [6.45, 7) is 4.36. The van der Waals surface area contributed by atoms with Crippen LogP contribution in [0.25, 0.3) is 0 Å². The first-order chi connectivity index (χ1) is 10.9. The van der Waals surface area contributed by atoms with Gasteiger partial charge < -0.3 is 4.74 Å². The standard InChI is InChI=1S/C16H19FN2O3S/c1-12(2)15-5-3-4-6-16(15)22-8-7-19-23(20,21)14-9-13(17)10-18-11-14/h3-6,9-12,19H,7-8H2,1-2H3. The molecule has 1 heterocycles. The van der Waals surface area contributed by atoms with Gasteiger partial charge in [-0.2, -0.15) is 0 Å². The maximum Gasteiger partial charge on any atom is 0.242 e. The number of sulfonamides is 1. The number of pyridine rings is 1. The fourth-order valence-electron chi connectivity index (χ4n) is 2.05. The molecule has 5 nitrogen and oxygen atoms in total. The van der Waals surface area contributed by atoms with Crippen LogP contribution >= 0.6 is 0 Å². The molecule has 1 aromatic heterocycles. The van der Waals surface area contributed by atoms with Gasteiger partial charge in [0.2, 0.25) is 10.0 Å². The van der Waals surface area contributed by atoms with E-state index < -0.39 is 15.8 Å². The molecule has 0 spiro atoms. The number of hydrogen-bond donors (Lipinski definition) is 1. The minimum Gasteiger partial charge on any atom is -0.492 e. The van der Waals surface area contributed by atoms with Gasteiger partial charge in [0.15, 0.2) is 0 Å². The largest absolute Gasteiger partial charge is 0.492 e. The Hall–Kier alpha value is -1.99. The number of para-hydroxylation sites is 1. The van der Waals surface area contributed by atoms with Gasteiger partial charge in [0.1, 0.15) is 23.1 Å². The minimum absolute atomic E-state index is 0.0747. The van der Waals surface area contributed by atoms with Crippen LogP contribution in [0.4, 0.5) is 4.39 Å². The molecule has 1 N–H and O–H groups in total. The zero-order valence-corrected chi connectivity index (χ0v) is 13.8. The summed E-state index contributed by atoms with van der Waals surface area (Å²) in [7, 11) is -3.80. The Balaban J connectivity index is 1.93. The lowest BCUT2D eigenvalue weighted by Crippen LogP contribution is -2.28. The number of benzene rings is 1. The van der Waals surface area contributed by atoms with E-state index in [4.69, 9.17) is 4.74 Å². The lowest BCUT2D eigenvalue weighted by molar-refractivity contribution is 0.318. The molecule has 0 bridgehead atoms. The molecule has 0 aliphatic rings. The molecule has 2 aromatic rings. The van der Waals surface area contributed by atoms with Crippen LogP contribution in [0.1, 0.15) is 25.3 Å². The van der Waals surface area contributed by atoms with Crippen LogP contribution in [0.15, 0.2) is 47.6 Å².